The van der Waals surface area contributed by atoms with E-state index in [1.165, 1.54) is 5.56 Å². The second kappa shape index (κ2) is 11.1. The zero-order valence-electron chi connectivity index (χ0n) is 16.9. The number of hydrogen-bond acceptors (Lipinski definition) is 3. The van der Waals surface area contributed by atoms with Crippen molar-refractivity contribution < 1.29 is 9.47 Å². The third kappa shape index (κ3) is 5.53. The van der Waals surface area contributed by atoms with Gasteiger partial charge < -0.3 is 19.7 Å². The smallest absolute Gasteiger partial charge is 0.193 e. The zero-order chi connectivity index (χ0) is 19.1. The number of hydrogen-bond donors (Lipinski definition) is 1. The first-order valence-corrected chi connectivity index (χ1v) is 9.55. The van der Waals surface area contributed by atoms with Crippen LogP contribution in [-0.2, 0) is 6.54 Å². The molecule has 0 radical (unpaired) electrons. The first-order chi connectivity index (χ1) is 13.2. The highest BCUT2D eigenvalue weighted by Gasteiger charge is 2.25. The van der Waals surface area contributed by atoms with Gasteiger partial charge in [0.15, 0.2) is 17.5 Å². The van der Waals surface area contributed by atoms with Crippen molar-refractivity contribution >= 4 is 29.9 Å². The van der Waals surface area contributed by atoms with Gasteiger partial charge in [0.1, 0.15) is 0 Å². The van der Waals surface area contributed by atoms with E-state index < -0.39 is 0 Å². The van der Waals surface area contributed by atoms with Gasteiger partial charge >= 0.3 is 0 Å². The molecule has 1 N–H and O–H groups in total. The van der Waals surface area contributed by atoms with Crippen LogP contribution in [0.3, 0.4) is 0 Å². The predicted molar refractivity (Wildman–Crippen MR) is 125 cm³/mol. The van der Waals surface area contributed by atoms with Gasteiger partial charge in [0.2, 0.25) is 0 Å². The summed E-state index contributed by atoms with van der Waals surface area (Å²) in [5, 5.41) is 3.48. The molecule has 0 amide bonds. The summed E-state index contributed by atoms with van der Waals surface area (Å²) in [6.07, 6.45) is 1.15. The molecule has 2 aromatic rings. The van der Waals surface area contributed by atoms with E-state index in [0.29, 0.717) is 19.1 Å². The minimum absolute atomic E-state index is 0. The van der Waals surface area contributed by atoms with Gasteiger partial charge in [0.05, 0.1) is 13.7 Å². The van der Waals surface area contributed by atoms with Gasteiger partial charge in [-0.05, 0) is 36.6 Å². The molecule has 1 fully saturated rings. The van der Waals surface area contributed by atoms with Crippen molar-refractivity contribution in [1.82, 2.24) is 10.2 Å². The molecular weight excluding hydrogens is 465 g/mol. The van der Waals surface area contributed by atoms with Gasteiger partial charge in [-0.3, -0.25) is 4.99 Å². The lowest BCUT2D eigenvalue weighted by Crippen LogP contribution is -2.39. The summed E-state index contributed by atoms with van der Waals surface area (Å²) in [5.41, 5.74) is 2.54. The van der Waals surface area contributed by atoms with Crippen molar-refractivity contribution in [2.24, 2.45) is 4.99 Å². The highest BCUT2D eigenvalue weighted by Crippen LogP contribution is 2.29. The molecule has 1 aliphatic rings. The number of rotatable bonds is 6. The number of ether oxygens (including phenoxy) is 2. The molecule has 1 heterocycles. The predicted octanol–water partition coefficient (Wildman–Crippen LogP) is 4.28. The van der Waals surface area contributed by atoms with Gasteiger partial charge in [-0.25, -0.2) is 0 Å². The van der Waals surface area contributed by atoms with Crippen molar-refractivity contribution in [3.63, 3.8) is 0 Å². The van der Waals surface area contributed by atoms with Crippen molar-refractivity contribution in [2.45, 2.75) is 25.8 Å². The third-order valence-corrected chi connectivity index (χ3v) is 4.95. The highest BCUT2D eigenvalue weighted by atomic mass is 127. The molecule has 1 atom stereocenters. The van der Waals surface area contributed by atoms with E-state index in [9.17, 15) is 0 Å². The van der Waals surface area contributed by atoms with Gasteiger partial charge in [-0.1, -0.05) is 36.4 Å². The first-order valence-electron chi connectivity index (χ1n) is 9.55. The second-order valence-corrected chi connectivity index (χ2v) is 6.66. The fourth-order valence-corrected chi connectivity index (χ4v) is 3.56. The van der Waals surface area contributed by atoms with E-state index in [4.69, 9.17) is 9.47 Å². The Morgan fingerprint density at radius 2 is 1.96 bits per heavy atom. The van der Waals surface area contributed by atoms with Crippen LogP contribution in [0.2, 0.25) is 0 Å². The van der Waals surface area contributed by atoms with Crippen LogP contribution in [0.25, 0.3) is 0 Å². The van der Waals surface area contributed by atoms with E-state index in [-0.39, 0.29) is 24.0 Å². The Morgan fingerprint density at radius 3 is 2.64 bits per heavy atom. The number of nitrogens with zero attached hydrogens (tertiary/aromatic N) is 2. The summed E-state index contributed by atoms with van der Waals surface area (Å²) >= 11 is 0. The number of likely N-dealkylation sites (tertiary alicyclic amines) is 1. The molecule has 0 spiro atoms. The summed E-state index contributed by atoms with van der Waals surface area (Å²) in [7, 11) is 3.51. The summed E-state index contributed by atoms with van der Waals surface area (Å²) < 4.78 is 11.0. The Labute approximate surface area is 185 Å². The minimum Gasteiger partial charge on any atom is -0.493 e. The lowest BCUT2D eigenvalue weighted by Gasteiger charge is -2.22. The van der Waals surface area contributed by atoms with Crippen molar-refractivity contribution in [3.05, 3.63) is 59.7 Å². The molecule has 0 aliphatic carbocycles. The highest BCUT2D eigenvalue weighted by molar-refractivity contribution is 14.0. The normalized spacial score (nSPS) is 16.5. The molecule has 152 valence electrons. The van der Waals surface area contributed by atoms with Gasteiger partial charge in [0, 0.05) is 32.6 Å². The standard InChI is InChI=1S/C22H29N3O2.HI/c1-4-27-20-11-10-17(14-21(20)26-3)15-24-22(23-2)25-13-12-19(16-25)18-8-6-5-7-9-18;/h5-11,14,19H,4,12-13,15-16H2,1-3H3,(H,23,24);1H. The van der Waals surface area contributed by atoms with Crippen molar-refractivity contribution in [1.29, 1.82) is 0 Å². The van der Waals surface area contributed by atoms with E-state index in [2.05, 4.69) is 51.6 Å². The molecule has 2 aromatic carbocycles. The lowest BCUT2D eigenvalue weighted by molar-refractivity contribution is 0.310. The fraction of sp³-hybridized carbons (Fsp3) is 0.409. The molecule has 1 saturated heterocycles. The van der Waals surface area contributed by atoms with Crippen LogP contribution < -0.4 is 14.8 Å². The van der Waals surface area contributed by atoms with Crippen LogP contribution in [0.5, 0.6) is 11.5 Å². The molecule has 0 saturated carbocycles. The molecule has 1 unspecified atom stereocenters. The Balaban J connectivity index is 0.00000280. The largest absolute Gasteiger partial charge is 0.493 e. The topological polar surface area (TPSA) is 46.1 Å². The number of halogens is 1. The molecule has 5 nitrogen and oxygen atoms in total. The Bertz CT molecular complexity index is 768. The van der Waals surface area contributed by atoms with Gasteiger partial charge in [-0.2, -0.15) is 0 Å². The maximum absolute atomic E-state index is 5.59. The minimum atomic E-state index is 0. The third-order valence-electron chi connectivity index (χ3n) is 4.95. The van der Waals surface area contributed by atoms with Crippen LogP contribution in [0.15, 0.2) is 53.5 Å². The number of nitrogens with one attached hydrogen (secondary N) is 1. The lowest BCUT2D eigenvalue weighted by atomic mass is 9.99. The Kier molecular flexibility index (Phi) is 8.89. The summed E-state index contributed by atoms with van der Waals surface area (Å²) in [4.78, 5) is 6.82. The number of guanidine groups is 1. The summed E-state index contributed by atoms with van der Waals surface area (Å²) in [6.45, 7) is 5.31. The molecule has 0 bridgehead atoms. The van der Waals surface area contributed by atoms with E-state index in [1.807, 2.05) is 26.1 Å². The molecule has 3 rings (SSSR count). The SMILES string of the molecule is CCOc1ccc(CNC(=NC)N2CCC(c3ccccc3)C2)cc1OC.I. The van der Waals surface area contributed by atoms with Gasteiger partial charge in [0.25, 0.3) is 0 Å². The van der Waals surface area contributed by atoms with Crippen molar-refractivity contribution in [2.75, 3.05) is 33.9 Å². The quantitative estimate of drug-likeness (QED) is 0.370. The zero-order valence-corrected chi connectivity index (χ0v) is 19.2. The summed E-state index contributed by atoms with van der Waals surface area (Å²) in [6, 6.07) is 16.8. The van der Waals surface area contributed by atoms with E-state index in [0.717, 1.165) is 42.5 Å². The van der Waals surface area contributed by atoms with Crippen LogP contribution in [0.4, 0.5) is 0 Å². The first kappa shape index (κ1) is 22.3. The molecule has 6 heteroatoms. The van der Waals surface area contributed by atoms with Crippen LogP contribution in [-0.4, -0.2) is 44.7 Å². The van der Waals surface area contributed by atoms with E-state index >= 15 is 0 Å². The number of methoxy groups -OCH3 is 1. The molecule has 28 heavy (non-hydrogen) atoms. The fourth-order valence-electron chi connectivity index (χ4n) is 3.56. The Morgan fingerprint density at radius 1 is 1.18 bits per heavy atom. The average Bonchev–Trinajstić information content (AvgIpc) is 3.20. The maximum atomic E-state index is 5.59. The van der Waals surface area contributed by atoms with Crippen LogP contribution in [0, 0.1) is 0 Å². The van der Waals surface area contributed by atoms with Gasteiger partial charge in [-0.15, -0.1) is 24.0 Å². The Hall–Kier alpha value is -1.96. The van der Waals surface area contributed by atoms with Crippen LogP contribution in [0.1, 0.15) is 30.4 Å². The van der Waals surface area contributed by atoms with E-state index in [1.54, 1.807) is 7.11 Å². The molecule has 1 aliphatic heterocycles. The second-order valence-electron chi connectivity index (χ2n) is 6.66. The monoisotopic (exact) mass is 495 g/mol. The van der Waals surface area contributed by atoms with Crippen molar-refractivity contribution in [3.8, 4) is 11.5 Å². The molecular formula is C22H30IN3O2. The average molecular weight is 495 g/mol. The maximum Gasteiger partial charge on any atom is 0.193 e. The number of benzene rings is 2. The number of aliphatic imine (C=N–C) groups is 1. The molecule has 0 aromatic heterocycles. The van der Waals surface area contributed by atoms with Crippen LogP contribution >= 0.6 is 24.0 Å². The summed E-state index contributed by atoms with van der Waals surface area (Å²) in [5.74, 6) is 3.05.